The second-order valence-corrected chi connectivity index (χ2v) is 5.80. The van der Waals surface area contributed by atoms with E-state index in [0.29, 0.717) is 37.0 Å². The molecule has 2 nitrogen and oxygen atoms in total. The molecule has 0 saturated carbocycles. The molecule has 1 atom stereocenters. The third kappa shape index (κ3) is 3.33. The Morgan fingerprint density at radius 1 is 0.900 bits per heavy atom. The summed E-state index contributed by atoms with van der Waals surface area (Å²) in [5.74, 6) is 0.441. The van der Waals surface area contributed by atoms with Crippen LogP contribution in [0.15, 0.2) is 30.3 Å². The summed E-state index contributed by atoms with van der Waals surface area (Å²) in [5, 5.41) is 12.0. The maximum Gasteiger partial charge on any atom is 0.138 e. The minimum Gasteiger partial charge on any atom is -0.495 e. The number of halogens is 4. The standard InChI is InChI=1S/C14H10Cl4O2/c1-20-13-6-11(17)10(5-12(13)18)14(19)7-2-8(15)4-9(16)3-7/h2-6,14,19H,1H3. The molecule has 2 aromatic rings. The summed E-state index contributed by atoms with van der Waals surface area (Å²) >= 11 is 24.0. The third-order valence-electron chi connectivity index (χ3n) is 2.77. The van der Waals surface area contributed by atoms with E-state index >= 15 is 0 Å². The fourth-order valence-corrected chi connectivity index (χ4v) is 2.87. The Morgan fingerprint density at radius 2 is 1.50 bits per heavy atom. The topological polar surface area (TPSA) is 29.5 Å². The van der Waals surface area contributed by atoms with Gasteiger partial charge in [0.25, 0.3) is 0 Å². The van der Waals surface area contributed by atoms with Gasteiger partial charge in [-0.3, -0.25) is 0 Å². The molecule has 0 spiro atoms. The van der Waals surface area contributed by atoms with Crippen molar-refractivity contribution in [2.45, 2.75) is 6.10 Å². The first kappa shape index (κ1) is 15.7. The van der Waals surface area contributed by atoms with Gasteiger partial charge in [0.1, 0.15) is 11.9 Å². The molecular weight excluding hydrogens is 342 g/mol. The average Bonchev–Trinajstić information content (AvgIpc) is 2.39. The van der Waals surface area contributed by atoms with Gasteiger partial charge < -0.3 is 9.84 Å². The lowest BCUT2D eigenvalue weighted by Crippen LogP contribution is -2.01. The lowest BCUT2D eigenvalue weighted by Gasteiger charge is -2.15. The zero-order valence-corrected chi connectivity index (χ0v) is 13.4. The van der Waals surface area contributed by atoms with E-state index in [-0.39, 0.29) is 0 Å². The molecule has 20 heavy (non-hydrogen) atoms. The van der Waals surface area contributed by atoms with Crippen LogP contribution in [-0.4, -0.2) is 12.2 Å². The van der Waals surface area contributed by atoms with Crippen LogP contribution in [0.3, 0.4) is 0 Å². The number of hydrogen-bond donors (Lipinski definition) is 1. The molecular formula is C14H10Cl4O2. The third-order valence-corrected chi connectivity index (χ3v) is 3.83. The van der Waals surface area contributed by atoms with E-state index in [1.54, 1.807) is 30.3 Å². The summed E-state index contributed by atoms with van der Waals surface area (Å²) in [6, 6.07) is 7.93. The Bertz CT molecular complexity index is 623. The molecule has 2 rings (SSSR count). The van der Waals surface area contributed by atoms with Crippen molar-refractivity contribution in [3.8, 4) is 5.75 Å². The summed E-state index contributed by atoms with van der Waals surface area (Å²) < 4.78 is 5.06. The number of rotatable bonds is 3. The van der Waals surface area contributed by atoms with Crippen molar-refractivity contribution in [2.75, 3.05) is 7.11 Å². The molecule has 0 aliphatic rings. The van der Waals surface area contributed by atoms with Gasteiger partial charge in [-0.25, -0.2) is 0 Å². The number of benzene rings is 2. The van der Waals surface area contributed by atoms with Gasteiger partial charge >= 0.3 is 0 Å². The first-order valence-electron chi connectivity index (χ1n) is 5.59. The first-order valence-corrected chi connectivity index (χ1v) is 7.10. The van der Waals surface area contributed by atoms with Crippen LogP contribution in [0.1, 0.15) is 17.2 Å². The van der Waals surface area contributed by atoms with E-state index in [0.717, 1.165) is 0 Å². The number of ether oxygens (including phenoxy) is 1. The summed E-state index contributed by atoms with van der Waals surface area (Å²) in [7, 11) is 1.49. The lowest BCUT2D eigenvalue weighted by molar-refractivity contribution is 0.220. The molecule has 1 unspecified atom stereocenters. The lowest BCUT2D eigenvalue weighted by atomic mass is 10.0. The highest BCUT2D eigenvalue weighted by atomic mass is 35.5. The average molecular weight is 352 g/mol. The van der Waals surface area contributed by atoms with Crippen LogP contribution in [0.2, 0.25) is 20.1 Å². The van der Waals surface area contributed by atoms with Crippen LogP contribution >= 0.6 is 46.4 Å². The van der Waals surface area contributed by atoms with E-state index in [1.165, 1.54) is 7.11 Å². The smallest absolute Gasteiger partial charge is 0.138 e. The van der Waals surface area contributed by atoms with Gasteiger partial charge in [-0.1, -0.05) is 46.4 Å². The van der Waals surface area contributed by atoms with Crippen molar-refractivity contribution in [1.82, 2.24) is 0 Å². The zero-order chi connectivity index (χ0) is 14.9. The minimum atomic E-state index is -0.984. The normalized spacial score (nSPS) is 12.3. The fourth-order valence-electron chi connectivity index (χ4n) is 1.82. The van der Waals surface area contributed by atoms with Gasteiger partial charge in [0.2, 0.25) is 0 Å². The number of aliphatic hydroxyl groups is 1. The van der Waals surface area contributed by atoms with Gasteiger partial charge in [-0.15, -0.1) is 0 Å². The monoisotopic (exact) mass is 350 g/mol. The van der Waals surface area contributed by atoms with E-state index in [9.17, 15) is 5.11 Å². The number of aliphatic hydroxyl groups excluding tert-OH is 1. The van der Waals surface area contributed by atoms with Gasteiger partial charge in [0.15, 0.2) is 0 Å². The molecule has 106 valence electrons. The van der Waals surface area contributed by atoms with Crippen LogP contribution in [0.4, 0.5) is 0 Å². The second-order valence-electron chi connectivity index (χ2n) is 4.11. The van der Waals surface area contributed by atoms with Gasteiger partial charge in [0, 0.05) is 21.7 Å². The van der Waals surface area contributed by atoms with Crippen molar-refractivity contribution >= 4 is 46.4 Å². The van der Waals surface area contributed by atoms with Crippen molar-refractivity contribution in [3.63, 3.8) is 0 Å². The Morgan fingerprint density at radius 3 is 2.05 bits per heavy atom. The van der Waals surface area contributed by atoms with Crippen molar-refractivity contribution in [3.05, 3.63) is 61.5 Å². The van der Waals surface area contributed by atoms with Crippen LogP contribution in [0.25, 0.3) is 0 Å². The number of methoxy groups -OCH3 is 1. The predicted octanol–water partition coefficient (Wildman–Crippen LogP) is 5.39. The van der Waals surface area contributed by atoms with E-state index < -0.39 is 6.10 Å². The molecule has 2 aromatic carbocycles. The van der Waals surface area contributed by atoms with Gasteiger partial charge in [-0.2, -0.15) is 0 Å². The van der Waals surface area contributed by atoms with Crippen LogP contribution in [-0.2, 0) is 0 Å². The molecule has 1 N–H and O–H groups in total. The quantitative estimate of drug-likeness (QED) is 0.803. The zero-order valence-electron chi connectivity index (χ0n) is 10.3. The summed E-state index contributed by atoms with van der Waals surface area (Å²) in [4.78, 5) is 0. The molecule has 0 saturated heterocycles. The SMILES string of the molecule is COc1cc(Cl)c(C(O)c2cc(Cl)cc(Cl)c2)cc1Cl. The van der Waals surface area contributed by atoms with Crippen molar-refractivity contribution < 1.29 is 9.84 Å². The second kappa shape index (κ2) is 6.42. The van der Waals surface area contributed by atoms with Crippen LogP contribution in [0, 0.1) is 0 Å². The molecule has 0 heterocycles. The Hall–Kier alpha value is -0.640. The molecule has 0 aliphatic carbocycles. The summed E-state index contributed by atoms with van der Waals surface area (Å²) in [6.45, 7) is 0. The van der Waals surface area contributed by atoms with E-state index in [4.69, 9.17) is 51.1 Å². The van der Waals surface area contributed by atoms with Gasteiger partial charge in [0.05, 0.1) is 17.2 Å². The molecule has 6 heteroatoms. The Balaban J connectivity index is 2.47. The van der Waals surface area contributed by atoms with Gasteiger partial charge in [-0.05, 0) is 29.8 Å². The molecule has 0 aliphatic heterocycles. The summed E-state index contributed by atoms with van der Waals surface area (Å²) in [5.41, 5.74) is 0.987. The van der Waals surface area contributed by atoms with Crippen LogP contribution in [0.5, 0.6) is 5.75 Å². The first-order chi connectivity index (χ1) is 9.42. The van der Waals surface area contributed by atoms with Crippen molar-refractivity contribution in [1.29, 1.82) is 0 Å². The van der Waals surface area contributed by atoms with Crippen molar-refractivity contribution in [2.24, 2.45) is 0 Å². The molecule has 0 bridgehead atoms. The highest BCUT2D eigenvalue weighted by molar-refractivity contribution is 6.35. The highest BCUT2D eigenvalue weighted by Crippen LogP contribution is 2.37. The maximum absolute atomic E-state index is 10.4. The molecule has 0 fully saturated rings. The number of hydrogen-bond acceptors (Lipinski definition) is 2. The maximum atomic E-state index is 10.4. The highest BCUT2D eigenvalue weighted by Gasteiger charge is 2.18. The largest absolute Gasteiger partial charge is 0.495 e. The molecule has 0 amide bonds. The van der Waals surface area contributed by atoms with E-state index in [1.807, 2.05) is 0 Å². The minimum absolute atomic E-state index is 0.342. The predicted molar refractivity (Wildman–Crippen MR) is 83.5 cm³/mol. The van der Waals surface area contributed by atoms with E-state index in [2.05, 4.69) is 0 Å². The summed E-state index contributed by atoms with van der Waals surface area (Å²) in [6.07, 6.45) is -0.984. The molecule has 0 radical (unpaired) electrons. The van der Waals surface area contributed by atoms with Crippen LogP contribution < -0.4 is 4.74 Å². The fraction of sp³-hybridized carbons (Fsp3) is 0.143. The Kier molecular flexibility index (Phi) is 5.05. The molecule has 0 aromatic heterocycles. The Labute approximate surface area is 136 Å².